The summed E-state index contributed by atoms with van der Waals surface area (Å²) in [5, 5.41) is 3.37. The van der Waals surface area contributed by atoms with Gasteiger partial charge in [-0.15, -0.1) is 0 Å². The third-order valence-corrected chi connectivity index (χ3v) is 2.79. The van der Waals surface area contributed by atoms with E-state index < -0.39 is 0 Å². The molecule has 0 amide bonds. The molecule has 0 radical (unpaired) electrons. The van der Waals surface area contributed by atoms with E-state index in [1.54, 1.807) is 0 Å². The zero-order valence-electron chi connectivity index (χ0n) is 10.8. The lowest BCUT2D eigenvalue weighted by atomic mass is 10.1. The van der Waals surface area contributed by atoms with Gasteiger partial charge in [-0.05, 0) is 25.6 Å². The predicted molar refractivity (Wildman–Crippen MR) is 70.7 cm³/mol. The molecule has 0 atom stereocenters. The van der Waals surface area contributed by atoms with E-state index >= 15 is 0 Å². The molecule has 1 rings (SSSR count). The zero-order chi connectivity index (χ0) is 11.8. The minimum absolute atomic E-state index is 1.06. The number of hydrogen-bond donors (Lipinski definition) is 1. The van der Waals surface area contributed by atoms with E-state index in [9.17, 15) is 0 Å². The maximum absolute atomic E-state index is 3.37. The van der Waals surface area contributed by atoms with Gasteiger partial charge in [0, 0.05) is 19.6 Å². The lowest BCUT2D eigenvalue weighted by Gasteiger charge is -2.20. The van der Waals surface area contributed by atoms with Crippen molar-refractivity contribution in [3.05, 3.63) is 35.4 Å². The van der Waals surface area contributed by atoms with Crippen molar-refractivity contribution >= 4 is 0 Å². The predicted octanol–water partition coefficient (Wildman–Crippen LogP) is 2.43. The molecule has 0 heterocycles. The Morgan fingerprint density at radius 1 is 1.25 bits per heavy atom. The quantitative estimate of drug-likeness (QED) is 0.710. The first kappa shape index (κ1) is 13.2. The van der Waals surface area contributed by atoms with E-state index in [-0.39, 0.29) is 0 Å². The van der Waals surface area contributed by atoms with Crippen LogP contribution in [0.4, 0.5) is 0 Å². The van der Waals surface area contributed by atoms with Gasteiger partial charge in [-0.25, -0.2) is 0 Å². The Labute approximate surface area is 99.7 Å². The number of aryl methyl sites for hydroxylation is 1. The molecule has 2 nitrogen and oxygen atoms in total. The van der Waals surface area contributed by atoms with Crippen molar-refractivity contribution in [3.8, 4) is 0 Å². The van der Waals surface area contributed by atoms with Crippen LogP contribution in [0.5, 0.6) is 0 Å². The lowest BCUT2D eigenvalue weighted by molar-refractivity contribution is 0.280. The van der Waals surface area contributed by atoms with Gasteiger partial charge in [0.05, 0.1) is 0 Å². The second kappa shape index (κ2) is 7.42. The summed E-state index contributed by atoms with van der Waals surface area (Å²) in [4.78, 5) is 2.47. The average Bonchev–Trinajstić information content (AvgIpc) is 2.28. The first-order chi connectivity index (χ1) is 7.76. The summed E-state index contributed by atoms with van der Waals surface area (Å²) >= 11 is 0. The Morgan fingerprint density at radius 2 is 2.06 bits per heavy atom. The van der Waals surface area contributed by atoms with Gasteiger partial charge in [0.1, 0.15) is 0 Å². The van der Waals surface area contributed by atoms with Gasteiger partial charge in [0.25, 0.3) is 0 Å². The number of nitrogens with zero attached hydrogens (tertiary/aromatic N) is 1. The second-order valence-corrected chi connectivity index (χ2v) is 4.21. The Morgan fingerprint density at radius 3 is 2.69 bits per heavy atom. The van der Waals surface area contributed by atoms with Gasteiger partial charge < -0.3 is 5.32 Å². The van der Waals surface area contributed by atoms with Crippen molar-refractivity contribution in [1.82, 2.24) is 10.2 Å². The summed E-state index contributed by atoms with van der Waals surface area (Å²) in [6, 6.07) is 8.78. The highest BCUT2D eigenvalue weighted by Gasteiger charge is 2.02. The summed E-state index contributed by atoms with van der Waals surface area (Å²) in [6.07, 6.45) is 0. The summed E-state index contributed by atoms with van der Waals surface area (Å²) in [7, 11) is 0. The van der Waals surface area contributed by atoms with Crippen LogP contribution in [0.3, 0.4) is 0 Å². The molecule has 16 heavy (non-hydrogen) atoms. The highest BCUT2D eigenvalue weighted by Crippen LogP contribution is 2.07. The standard InChI is InChI=1S/C14H24N2/c1-4-15-9-10-16(5-2)12-14-8-6-7-13(3)11-14/h6-8,11,15H,4-5,9-10,12H2,1-3H3. The molecule has 0 aliphatic rings. The molecule has 0 saturated carbocycles. The van der Waals surface area contributed by atoms with Crippen LogP contribution in [0.2, 0.25) is 0 Å². The van der Waals surface area contributed by atoms with Crippen molar-refractivity contribution in [1.29, 1.82) is 0 Å². The smallest absolute Gasteiger partial charge is 0.0234 e. The summed E-state index contributed by atoms with van der Waals surface area (Å²) < 4.78 is 0. The topological polar surface area (TPSA) is 15.3 Å². The zero-order valence-corrected chi connectivity index (χ0v) is 10.8. The fraction of sp³-hybridized carbons (Fsp3) is 0.571. The van der Waals surface area contributed by atoms with Gasteiger partial charge >= 0.3 is 0 Å². The van der Waals surface area contributed by atoms with Gasteiger partial charge in [-0.1, -0.05) is 43.7 Å². The first-order valence-corrected chi connectivity index (χ1v) is 6.24. The Kier molecular flexibility index (Phi) is 6.12. The number of rotatable bonds is 7. The van der Waals surface area contributed by atoms with Gasteiger partial charge in [0.2, 0.25) is 0 Å². The molecule has 0 aromatic heterocycles. The van der Waals surface area contributed by atoms with Gasteiger partial charge in [-0.2, -0.15) is 0 Å². The molecule has 0 aliphatic heterocycles. The van der Waals surface area contributed by atoms with Crippen molar-refractivity contribution in [3.63, 3.8) is 0 Å². The van der Waals surface area contributed by atoms with E-state index in [1.165, 1.54) is 11.1 Å². The SMILES string of the molecule is CCNCCN(CC)Cc1cccc(C)c1. The molecule has 1 aromatic rings. The molecule has 1 N–H and O–H groups in total. The lowest BCUT2D eigenvalue weighted by Crippen LogP contribution is -2.31. The average molecular weight is 220 g/mol. The fourth-order valence-electron chi connectivity index (χ4n) is 1.83. The maximum Gasteiger partial charge on any atom is 0.0234 e. The fourth-order valence-corrected chi connectivity index (χ4v) is 1.83. The Hall–Kier alpha value is -0.860. The Bertz CT molecular complexity index is 297. The van der Waals surface area contributed by atoms with Crippen LogP contribution in [-0.2, 0) is 6.54 Å². The molecule has 90 valence electrons. The van der Waals surface area contributed by atoms with Crippen LogP contribution < -0.4 is 5.32 Å². The van der Waals surface area contributed by atoms with Crippen molar-refractivity contribution in [2.24, 2.45) is 0 Å². The first-order valence-electron chi connectivity index (χ1n) is 6.24. The summed E-state index contributed by atoms with van der Waals surface area (Å²) in [5.74, 6) is 0. The van der Waals surface area contributed by atoms with Gasteiger partial charge in [-0.3, -0.25) is 4.90 Å². The molecular weight excluding hydrogens is 196 g/mol. The van der Waals surface area contributed by atoms with Crippen LogP contribution in [0.1, 0.15) is 25.0 Å². The second-order valence-electron chi connectivity index (χ2n) is 4.21. The van der Waals surface area contributed by atoms with Crippen LogP contribution in [0, 0.1) is 6.92 Å². The summed E-state index contributed by atoms with van der Waals surface area (Å²) in [5.41, 5.74) is 2.76. The molecule has 0 bridgehead atoms. The van der Waals surface area contributed by atoms with Crippen LogP contribution >= 0.6 is 0 Å². The Balaban J connectivity index is 2.43. The molecule has 2 heteroatoms. The van der Waals surface area contributed by atoms with Crippen LogP contribution in [0.25, 0.3) is 0 Å². The normalized spacial score (nSPS) is 11.0. The minimum atomic E-state index is 1.06. The number of hydrogen-bond acceptors (Lipinski definition) is 2. The van der Waals surface area contributed by atoms with E-state index in [0.717, 1.165) is 32.7 Å². The van der Waals surface area contributed by atoms with E-state index in [0.29, 0.717) is 0 Å². The molecule has 0 spiro atoms. The van der Waals surface area contributed by atoms with E-state index in [4.69, 9.17) is 0 Å². The molecule has 1 aromatic carbocycles. The maximum atomic E-state index is 3.37. The van der Waals surface area contributed by atoms with Crippen LogP contribution in [0.15, 0.2) is 24.3 Å². The van der Waals surface area contributed by atoms with E-state index in [1.807, 2.05) is 0 Å². The van der Waals surface area contributed by atoms with Gasteiger partial charge in [0.15, 0.2) is 0 Å². The third-order valence-electron chi connectivity index (χ3n) is 2.79. The molecule has 0 unspecified atom stereocenters. The largest absolute Gasteiger partial charge is 0.316 e. The van der Waals surface area contributed by atoms with Crippen molar-refractivity contribution in [2.45, 2.75) is 27.3 Å². The van der Waals surface area contributed by atoms with Crippen molar-refractivity contribution in [2.75, 3.05) is 26.2 Å². The molecule has 0 saturated heterocycles. The van der Waals surface area contributed by atoms with Crippen molar-refractivity contribution < 1.29 is 0 Å². The summed E-state index contributed by atoms with van der Waals surface area (Å²) in [6.45, 7) is 12.0. The highest BCUT2D eigenvalue weighted by atomic mass is 15.1. The number of likely N-dealkylation sites (N-methyl/N-ethyl adjacent to an activating group) is 2. The third kappa shape index (κ3) is 4.77. The molecule has 0 aliphatic carbocycles. The van der Waals surface area contributed by atoms with Crippen LogP contribution in [-0.4, -0.2) is 31.1 Å². The molecular formula is C14H24N2. The van der Waals surface area contributed by atoms with E-state index in [2.05, 4.69) is 55.3 Å². The molecule has 0 fully saturated rings. The number of nitrogens with one attached hydrogen (secondary N) is 1. The highest BCUT2D eigenvalue weighted by molar-refractivity contribution is 5.22. The monoisotopic (exact) mass is 220 g/mol. The minimum Gasteiger partial charge on any atom is -0.316 e. The number of benzene rings is 1.